The smallest absolute Gasteiger partial charge is 0.251 e. The number of nitrogens with zero attached hydrogens (tertiary/aromatic N) is 3. The summed E-state index contributed by atoms with van der Waals surface area (Å²) in [4.78, 5) is 15.4. The number of carbonyl (C=O) groups excluding carboxylic acids is 1. The second kappa shape index (κ2) is 7.74. The summed E-state index contributed by atoms with van der Waals surface area (Å²) in [7, 11) is 0. The number of rotatable bonds is 6. The van der Waals surface area contributed by atoms with E-state index in [-0.39, 0.29) is 30.6 Å². The molecule has 1 amide bonds. The molecule has 9 heteroatoms. The fourth-order valence-electron chi connectivity index (χ4n) is 3.70. The van der Waals surface area contributed by atoms with E-state index in [1.165, 1.54) is 30.5 Å². The van der Waals surface area contributed by atoms with Gasteiger partial charge in [-0.3, -0.25) is 9.78 Å². The second-order valence-corrected chi connectivity index (χ2v) is 7.34. The van der Waals surface area contributed by atoms with Gasteiger partial charge in [-0.25, -0.2) is 13.2 Å². The fourth-order valence-corrected chi connectivity index (χ4v) is 3.70. The van der Waals surface area contributed by atoms with E-state index in [0.29, 0.717) is 17.1 Å². The van der Waals surface area contributed by atoms with E-state index < -0.39 is 29.1 Å². The highest BCUT2D eigenvalue weighted by atomic mass is 19.1. The predicted octanol–water partition coefficient (Wildman–Crippen LogP) is 3.40. The quantitative estimate of drug-likeness (QED) is 0.646. The Morgan fingerprint density at radius 1 is 1.13 bits per heavy atom. The molecule has 1 aromatic carbocycles. The summed E-state index contributed by atoms with van der Waals surface area (Å²) < 4.78 is 41.5. The van der Waals surface area contributed by atoms with Crippen molar-refractivity contribution >= 4 is 11.7 Å². The molecule has 1 saturated carbocycles. The monoisotopic (exact) mass is 413 g/mol. The molecule has 1 aliphatic carbocycles. The van der Waals surface area contributed by atoms with Crippen LogP contribution in [0.2, 0.25) is 0 Å². The third-order valence-electron chi connectivity index (χ3n) is 5.29. The number of carbonyl (C=O) groups is 1. The minimum absolute atomic E-state index is 0.172. The van der Waals surface area contributed by atoms with Crippen molar-refractivity contribution in [3.8, 4) is 11.3 Å². The molecule has 0 atom stereocenters. The lowest BCUT2D eigenvalue weighted by molar-refractivity contribution is 0.0963. The number of alkyl halides is 1. The summed E-state index contributed by atoms with van der Waals surface area (Å²) >= 11 is 0. The Bertz CT molecular complexity index is 1080. The van der Waals surface area contributed by atoms with E-state index in [1.807, 2.05) is 0 Å². The first-order chi connectivity index (χ1) is 14.4. The van der Waals surface area contributed by atoms with Crippen LogP contribution < -0.4 is 11.1 Å². The topological polar surface area (TPSA) is 93.8 Å². The number of amides is 1. The van der Waals surface area contributed by atoms with E-state index in [9.17, 15) is 18.0 Å². The molecule has 1 fully saturated rings. The van der Waals surface area contributed by atoms with Crippen molar-refractivity contribution < 1.29 is 18.0 Å². The van der Waals surface area contributed by atoms with Crippen molar-refractivity contribution in [1.82, 2.24) is 15.2 Å². The van der Waals surface area contributed by atoms with Crippen molar-refractivity contribution in [2.24, 2.45) is 5.73 Å². The fraction of sp³-hybridized carbons (Fsp3) is 0.238. The van der Waals surface area contributed by atoms with Gasteiger partial charge < -0.3 is 11.1 Å². The molecule has 154 valence electrons. The summed E-state index contributed by atoms with van der Waals surface area (Å²) in [6.45, 7) is 0.248. The molecular formula is C21H18F3N5O. The Morgan fingerprint density at radius 3 is 2.57 bits per heavy atom. The lowest BCUT2D eigenvalue weighted by atomic mass is 9.65. The van der Waals surface area contributed by atoms with E-state index in [0.717, 1.165) is 6.07 Å². The van der Waals surface area contributed by atoms with E-state index in [2.05, 4.69) is 20.5 Å². The Hall–Kier alpha value is -3.49. The molecule has 6 nitrogen and oxygen atoms in total. The molecule has 3 N–H and O–H groups in total. The third-order valence-corrected chi connectivity index (χ3v) is 5.29. The molecule has 1 aliphatic rings. The molecule has 0 radical (unpaired) electrons. The predicted molar refractivity (Wildman–Crippen MR) is 104 cm³/mol. The molecule has 0 unspecified atom stereocenters. The van der Waals surface area contributed by atoms with Crippen LogP contribution in [0.3, 0.4) is 0 Å². The van der Waals surface area contributed by atoms with Crippen molar-refractivity contribution in [2.75, 3.05) is 11.9 Å². The SMILES string of the molecule is NC(=O)c1cc(-c2ccc(NCC3(c4ncccc4F)CC(F)C3)nn2)ccc1F. The van der Waals surface area contributed by atoms with Crippen molar-refractivity contribution in [1.29, 1.82) is 0 Å². The zero-order valence-corrected chi connectivity index (χ0v) is 15.8. The Morgan fingerprint density at radius 2 is 1.93 bits per heavy atom. The van der Waals surface area contributed by atoms with Gasteiger partial charge in [-0.15, -0.1) is 10.2 Å². The van der Waals surface area contributed by atoms with Crippen LogP contribution in [0.1, 0.15) is 28.9 Å². The largest absolute Gasteiger partial charge is 0.368 e. The summed E-state index contributed by atoms with van der Waals surface area (Å²) in [6.07, 6.45) is 0.832. The number of benzene rings is 1. The van der Waals surface area contributed by atoms with Gasteiger partial charge in [-0.1, -0.05) is 0 Å². The maximum Gasteiger partial charge on any atom is 0.251 e. The van der Waals surface area contributed by atoms with E-state index in [1.54, 1.807) is 12.1 Å². The number of aromatic nitrogens is 3. The first-order valence-electron chi connectivity index (χ1n) is 9.30. The lowest BCUT2D eigenvalue weighted by Gasteiger charge is -2.44. The maximum absolute atomic E-state index is 14.2. The molecule has 0 saturated heterocycles. The van der Waals surface area contributed by atoms with Gasteiger partial charge in [0.2, 0.25) is 0 Å². The van der Waals surface area contributed by atoms with Crippen LogP contribution in [0.15, 0.2) is 48.7 Å². The average Bonchev–Trinajstić information content (AvgIpc) is 2.71. The van der Waals surface area contributed by atoms with Crippen LogP contribution in [0, 0.1) is 11.6 Å². The van der Waals surface area contributed by atoms with Crippen molar-refractivity contribution in [3.05, 3.63) is 71.6 Å². The Labute approximate surface area is 170 Å². The summed E-state index contributed by atoms with van der Waals surface area (Å²) in [5, 5.41) is 11.2. The highest BCUT2D eigenvalue weighted by Crippen LogP contribution is 2.45. The number of hydrogen-bond acceptors (Lipinski definition) is 5. The molecule has 0 spiro atoms. The first kappa shape index (κ1) is 19.8. The molecule has 2 aromatic heterocycles. The van der Waals surface area contributed by atoms with Gasteiger partial charge >= 0.3 is 0 Å². The van der Waals surface area contributed by atoms with Gasteiger partial charge in [0.05, 0.1) is 17.0 Å². The summed E-state index contributed by atoms with van der Waals surface area (Å²) in [5.41, 5.74) is 5.32. The van der Waals surface area contributed by atoms with E-state index >= 15 is 0 Å². The normalized spacial score (nSPS) is 20.4. The zero-order chi connectivity index (χ0) is 21.3. The highest BCUT2D eigenvalue weighted by molar-refractivity contribution is 5.94. The molecular weight excluding hydrogens is 395 g/mol. The highest BCUT2D eigenvalue weighted by Gasteiger charge is 2.48. The molecule has 4 rings (SSSR count). The standard InChI is InChI=1S/C21H18F3N5O/c22-13-9-21(10-13,19-16(24)2-1-7-26-19)11-27-18-6-5-17(28-29-18)12-3-4-15(23)14(8-12)20(25)30/h1-8,13H,9-11H2,(H2,25,30)(H,27,29). The van der Waals surface area contributed by atoms with Crippen molar-refractivity contribution in [3.63, 3.8) is 0 Å². The molecule has 3 aromatic rings. The van der Waals surface area contributed by atoms with Crippen LogP contribution >= 0.6 is 0 Å². The Balaban J connectivity index is 1.51. The first-order valence-corrected chi connectivity index (χ1v) is 9.30. The van der Waals surface area contributed by atoms with Gasteiger partial charge in [0.15, 0.2) is 0 Å². The van der Waals surface area contributed by atoms with Crippen LogP contribution in [0.5, 0.6) is 0 Å². The van der Waals surface area contributed by atoms with E-state index in [4.69, 9.17) is 5.73 Å². The molecule has 0 bridgehead atoms. The number of primary amides is 1. The summed E-state index contributed by atoms with van der Waals surface area (Å²) in [5.74, 6) is -1.64. The van der Waals surface area contributed by atoms with Gasteiger partial charge in [0, 0.05) is 23.7 Å². The van der Waals surface area contributed by atoms with Crippen molar-refractivity contribution in [2.45, 2.75) is 24.4 Å². The maximum atomic E-state index is 14.2. The van der Waals surface area contributed by atoms with Crippen LogP contribution in [0.25, 0.3) is 11.3 Å². The number of pyridine rings is 1. The number of hydrogen-bond donors (Lipinski definition) is 2. The molecule has 2 heterocycles. The number of nitrogens with two attached hydrogens (primary N) is 1. The number of anilines is 1. The van der Waals surface area contributed by atoms with Gasteiger partial charge in [0.25, 0.3) is 5.91 Å². The molecule has 30 heavy (non-hydrogen) atoms. The second-order valence-electron chi connectivity index (χ2n) is 7.34. The van der Waals surface area contributed by atoms with Gasteiger partial charge in [0.1, 0.15) is 23.6 Å². The van der Waals surface area contributed by atoms with Crippen LogP contribution in [-0.4, -0.2) is 33.8 Å². The average molecular weight is 413 g/mol. The minimum Gasteiger partial charge on any atom is -0.368 e. The zero-order valence-electron chi connectivity index (χ0n) is 15.8. The van der Waals surface area contributed by atoms with Gasteiger partial charge in [-0.2, -0.15) is 0 Å². The Kier molecular flexibility index (Phi) is 5.11. The lowest BCUT2D eigenvalue weighted by Crippen LogP contribution is -2.49. The molecule has 0 aliphatic heterocycles. The summed E-state index contributed by atoms with van der Waals surface area (Å²) in [6, 6.07) is 10.0. The third kappa shape index (κ3) is 3.70. The number of halogens is 3. The van der Waals surface area contributed by atoms with Gasteiger partial charge in [-0.05, 0) is 55.3 Å². The van der Waals surface area contributed by atoms with Crippen LogP contribution in [0.4, 0.5) is 19.0 Å². The number of nitrogens with one attached hydrogen (secondary N) is 1. The minimum atomic E-state index is -1.00. The van der Waals surface area contributed by atoms with Crippen LogP contribution in [-0.2, 0) is 5.41 Å².